The fourth-order valence-corrected chi connectivity index (χ4v) is 1.90. The van der Waals surface area contributed by atoms with Crippen molar-refractivity contribution in [3.63, 3.8) is 0 Å². The summed E-state index contributed by atoms with van der Waals surface area (Å²) in [5, 5.41) is 1.19. The van der Waals surface area contributed by atoms with E-state index in [1.807, 2.05) is 0 Å². The van der Waals surface area contributed by atoms with E-state index >= 15 is 0 Å². The lowest BCUT2D eigenvalue weighted by Gasteiger charge is -2.25. The van der Waals surface area contributed by atoms with Crippen molar-refractivity contribution in [2.24, 2.45) is 0 Å². The Bertz CT molecular complexity index is 340. The van der Waals surface area contributed by atoms with E-state index in [1.165, 1.54) is 0 Å². The first-order valence-corrected chi connectivity index (χ1v) is 6.35. The van der Waals surface area contributed by atoms with E-state index in [9.17, 15) is 0 Å². The smallest absolute Gasteiger partial charge is 0.129 e. The zero-order chi connectivity index (χ0) is 12.1. The molecule has 2 nitrogen and oxygen atoms in total. The molecule has 0 fully saturated rings. The van der Waals surface area contributed by atoms with Crippen LogP contribution in [0, 0.1) is 0 Å². The van der Waals surface area contributed by atoms with Gasteiger partial charge in [0.25, 0.3) is 0 Å². The first-order chi connectivity index (χ1) is 7.54. The zero-order valence-corrected chi connectivity index (χ0v) is 11.5. The summed E-state index contributed by atoms with van der Waals surface area (Å²) in [6, 6.07) is 4.00. The van der Waals surface area contributed by atoms with Crippen LogP contribution in [0.3, 0.4) is 0 Å². The number of aromatic nitrogens is 1. The molecular weight excluding hydrogens is 243 g/mol. The minimum atomic E-state index is 0.483. The molecule has 0 aliphatic carbocycles. The lowest BCUT2D eigenvalue weighted by molar-refractivity contribution is 0.211. The quantitative estimate of drug-likeness (QED) is 0.744. The number of nitrogens with zero attached hydrogens (tertiary/aromatic N) is 2. The highest BCUT2D eigenvalue weighted by Gasteiger charge is 2.12. The van der Waals surface area contributed by atoms with Crippen LogP contribution in [0.25, 0.3) is 0 Å². The van der Waals surface area contributed by atoms with Crippen LogP contribution in [0.4, 0.5) is 0 Å². The van der Waals surface area contributed by atoms with Crippen molar-refractivity contribution < 1.29 is 0 Å². The van der Waals surface area contributed by atoms with Gasteiger partial charge < -0.3 is 0 Å². The molecule has 0 N–H and O–H groups in total. The van der Waals surface area contributed by atoms with Crippen molar-refractivity contribution in [2.45, 2.75) is 39.8 Å². The van der Waals surface area contributed by atoms with Crippen molar-refractivity contribution >= 4 is 23.2 Å². The predicted molar refractivity (Wildman–Crippen MR) is 70.1 cm³/mol. The van der Waals surface area contributed by atoms with Crippen LogP contribution in [0.1, 0.15) is 32.9 Å². The van der Waals surface area contributed by atoms with E-state index in [-0.39, 0.29) is 0 Å². The highest BCUT2D eigenvalue weighted by Crippen LogP contribution is 2.19. The molecule has 0 aromatic carbocycles. The molecule has 1 heterocycles. The first-order valence-electron chi connectivity index (χ1n) is 5.59. The third-order valence-electron chi connectivity index (χ3n) is 2.48. The summed E-state index contributed by atoms with van der Waals surface area (Å²) in [5.74, 6) is 0. The molecule has 0 amide bonds. The van der Waals surface area contributed by atoms with Gasteiger partial charge in [0.2, 0.25) is 0 Å². The molecule has 1 aromatic rings. The molecule has 1 rings (SSSR count). The number of hydrogen-bond acceptors (Lipinski definition) is 2. The number of pyridine rings is 1. The maximum Gasteiger partial charge on any atom is 0.129 e. The molecule has 0 atom stereocenters. The van der Waals surface area contributed by atoms with E-state index in [4.69, 9.17) is 23.2 Å². The molecular formula is C12H18Cl2N2. The van der Waals surface area contributed by atoms with Crippen molar-refractivity contribution in [3.05, 3.63) is 28.0 Å². The molecule has 0 bridgehead atoms. The summed E-state index contributed by atoms with van der Waals surface area (Å²) in [7, 11) is 0. The fraction of sp³-hybridized carbons (Fsp3) is 0.583. The Morgan fingerprint density at radius 2 is 2.00 bits per heavy atom. The van der Waals surface area contributed by atoms with E-state index in [0.717, 1.165) is 25.2 Å². The van der Waals surface area contributed by atoms with Gasteiger partial charge in [-0.2, -0.15) is 0 Å². The minimum Gasteiger partial charge on any atom is -0.295 e. The Morgan fingerprint density at radius 3 is 2.56 bits per heavy atom. The van der Waals surface area contributed by atoms with E-state index in [0.29, 0.717) is 16.2 Å². The van der Waals surface area contributed by atoms with Crippen LogP contribution >= 0.6 is 23.2 Å². The molecule has 0 aliphatic rings. The Hall–Kier alpha value is -0.310. The zero-order valence-electron chi connectivity index (χ0n) is 10.0. The first kappa shape index (κ1) is 13.8. The Morgan fingerprint density at radius 1 is 1.31 bits per heavy atom. The molecule has 16 heavy (non-hydrogen) atoms. The average molecular weight is 261 g/mol. The molecule has 0 spiro atoms. The predicted octanol–water partition coefficient (Wildman–Crippen LogP) is 4.01. The van der Waals surface area contributed by atoms with Crippen LogP contribution in [0.2, 0.25) is 10.2 Å². The van der Waals surface area contributed by atoms with Crippen LogP contribution in [-0.2, 0) is 6.54 Å². The molecule has 0 radical (unpaired) electrons. The van der Waals surface area contributed by atoms with Gasteiger partial charge in [-0.25, -0.2) is 4.98 Å². The molecule has 0 unspecified atom stereocenters. The Balaban J connectivity index is 2.80. The monoisotopic (exact) mass is 260 g/mol. The van der Waals surface area contributed by atoms with E-state index < -0.39 is 0 Å². The minimum absolute atomic E-state index is 0.483. The average Bonchev–Trinajstić information content (AvgIpc) is 2.22. The summed E-state index contributed by atoms with van der Waals surface area (Å²) in [5.41, 5.74) is 0.858. The summed E-state index contributed by atoms with van der Waals surface area (Å²) >= 11 is 12.0. The third-order valence-corrected chi connectivity index (χ3v) is 3.03. The number of hydrogen-bond donors (Lipinski definition) is 0. The van der Waals surface area contributed by atoms with Crippen LogP contribution < -0.4 is 0 Å². The van der Waals surface area contributed by atoms with Gasteiger partial charge in [-0.15, -0.1) is 0 Å². The van der Waals surface area contributed by atoms with Crippen LogP contribution in [0.15, 0.2) is 12.1 Å². The molecule has 0 saturated carbocycles. The van der Waals surface area contributed by atoms with Gasteiger partial charge in [-0.1, -0.05) is 30.1 Å². The molecule has 4 heteroatoms. The topological polar surface area (TPSA) is 16.1 Å². The SMILES string of the molecule is CCCN(Cc1nc(Cl)ccc1Cl)C(C)C. The van der Waals surface area contributed by atoms with Crippen molar-refractivity contribution in [3.8, 4) is 0 Å². The van der Waals surface area contributed by atoms with Gasteiger partial charge in [0.15, 0.2) is 0 Å². The largest absolute Gasteiger partial charge is 0.295 e. The number of rotatable bonds is 5. The van der Waals surface area contributed by atoms with Gasteiger partial charge in [-0.05, 0) is 38.9 Å². The van der Waals surface area contributed by atoms with Gasteiger partial charge in [0, 0.05) is 12.6 Å². The summed E-state index contributed by atoms with van der Waals surface area (Å²) in [6.07, 6.45) is 1.12. The fourth-order valence-electron chi connectivity index (χ4n) is 1.57. The van der Waals surface area contributed by atoms with Crippen LogP contribution in [-0.4, -0.2) is 22.5 Å². The maximum atomic E-state index is 6.10. The van der Waals surface area contributed by atoms with Gasteiger partial charge in [0.1, 0.15) is 5.15 Å². The van der Waals surface area contributed by atoms with Gasteiger partial charge in [0.05, 0.1) is 10.7 Å². The molecule has 0 saturated heterocycles. The molecule has 1 aromatic heterocycles. The third kappa shape index (κ3) is 3.93. The highest BCUT2D eigenvalue weighted by molar-refractivity contribution is 6.32. The van der Waals surface area contributed by atoms with Crippen molar-refractivity contribution in [1.82, 2.24) is 9.88 Å². The lowest BCUT2D eigenvalue weighted by atomic mass is 10.2. The Kier molecular flexibility index (Phi) is 5.53. The Labute approximate surface area is 108 Å². The van der Waals surface area contributed by atoms with Gasteiger partial charge >= 0.3 is 0 Å². The second-order valence-corrected chi connectivity index (χ2v) is 4.92. The second kappa shape index (κ2) is 6.43. The molecule has 0 aliphatic heterocycles. The normalized spacial score (nSPS) is 11.4. The molecule has 90 valence electrons. The van der Waals surface area contributed by atoms with Crippen molar-refractivity contribution in [2.75, 3.05) is 6.54 Å². The second-order valence-electron chi connectivity index (χ2n) is 4.13. The maximum absolute atomic E-state index is 6.10. The van der Waals surface area contributed by atoms with E-state index in [2.05, 4.69) is 30.7 Å². The van der Waals surface area contributed by atoms with Gasteiger partial charge in [-0.3, -0.25) is 4.90 Å². The van der Waals surface area contributed by atoms with Crippen molar-refractivity contribution in [1.29, 1.82) is 0 Å². The summed E-state index contributed by atoms with van der Waals surface area (Å²) < 4.78 is 0. The number of halogens is 2. The highest BCUT2D eigenvalue weighted by atomic mass is 35.5. The standard InChI is InChI=1S/C12H18Cl2N2/c1-4-7-16(9(2)3)8-11-10(13)5-6-12(14)15-11/h5-6,9H,4,7-8H2,1-3H3. The lowest BCUT2D eigenvalue weighted by Crippen LogP contribution is -2.31. The summed E-state index contributed by atoms with van der Waals surface area (Å²) in [4.78, 5) is 6.61. The van der Waals surface area contributed by atoms with Crippen LogP contribution in [0.5, 0.6) is 0 Å². The van der Waals surface area contributed by atoms with E-state index in [1.54, 1.807) is 12.1 Å². The summed E-state index contributed by atoms with van der Waals surface area (Å²) in [6.45, 7) is 8.32.